The topological polar surface area (TPSA) is 93.3 Å². The van der Waals surface area contributed by atoms with Gasteiger partial charge in [0.25, 0.3) is 0 Å². The smallest absolute Gasteiger partial charge is 0.335 e. The highest BCUT2D eigenvalue weighted by Crippen LogP contribution is 2.01. The molecule has 0 saturated heterocycles. The lowest BCUT2D eigenvalue weighted by atomic mass is 10.2. The molecule has 0 aliphatic heterocycles. The molecular formula is C13H11FN2O3. The van der Waals surface area contributed by atoms with E-state index in [1.165, 1.54) is 24.5 Å². The molecular weight excluding hydrogens is 251 g/mol. The van der Waals surface area contributed by atoms with Gasteiger partial charge in [-0.15, -0.1) is 0 Å². The number of benzene rings is 1. The number of amides is 1. The van der Waals surface area contributed by atoms with Crippen molar-refractivity contribution < 1.29 is 19.1 Å². The SMILES string of the molecule is NC(=O)c1ccncc1.O=C(O)c1ccc(F)cc1. The van der Waals surface area contributed by atoms with E-state index in [1.54, 1.807) is 12.1 Å². The summed E-state index contributed by atoms with van der Waals surface area (Å²) in [5, 5.41) is 8.35. The van der Waals surface area contributed by atoms with Crippen LogP contribution in [-0.2, 0) is 0 Å². The summed E-state index contributed by atoms with van der Waals surface area (Å²) in [6, 6.07) is 7.81. The summed E-state index contributed by atoms with van der Waals surface area (Å²) in [5.74, 6) is -1.89. The molecule has 1 aromatic heterocycles. The third-order valence-corrected chi connectivity index (χ3v) is 2.06. The van der Waals surface area contributed by atoms with Gasteiger partial charge in [0.2, 0.25) is 5.91 Å². The quantitative estimate of drug-likeness (QED) is 0.861. The Morgan fingerprint density at radius 1 is 1.00 bits per heavy atom. The standard InChI is InChI=1S/C7H5FO2.C6H6N2O/c8-6-3-1-5(2-4-6)7(9)10;7-6(9)5-1-3-8-4-2-5/h1-4H,(H,9,10);1-4H,(H2,7,9). The molecule has 0 aliphatic carbocycles. The lowest BCUT2D eigenvalue weighted by Crippen LogP contribution is -2.10. The van der Waals surface area contributed by atoms with Gasteiger partial charge in [0.15, 0.2) is 0 Å². The van der Waals surface area contributed by atoms with E-state index in [0.29, 0.717) is 5.56 Å². The highest BCUT2D eigenvalue weighted by molar-refractivity contribution is 5.92. The number of carbonyl (C=O) groups excluding carboxylic acids is 1. The van der Waals surface area contributed by atoms with Gasteiger partial charge in [0.1, 0.15) is 5.82 Å². The molecule has 5 nitrogen and oxygen atoms in total. The van der Waals surface area contributed by atoms with Gasteiger partial charge in [-0.25, -0.2) is 9.18 Å². The van der Waals surface area contributed by atoms with E-state index < -0.39 is 17.7 Å². The van der Waals surface area contributed by atoms with Gasteiger partial charge >= 0.3 is 5.97 Å². The molecule has 0 fully saturated rings. The monoisotopic (exact) mass is 262 g/mol. The lowest BCUT2D eigenvalue weighted by molar-refractivity contribution is 0.0696. The zero-order chi connectivity index (χ0) is 14.3. The van der Waals surface area contributed by atoms with Crippen LogP contribution in [0, 0.1) is 5.82 Å². The predicted octanol–water partition coefficient (Wildman–Crippen LogP) is 1.70. The van der Waals surface area contributed by atoms with Crippen LogP contribution in [0.2, 0.25) is 0 Å². The summed E-state index contributed by atoms with van der Waals surface area (Å²) < 4.78 is 12.2. The molecule has 0 atom stereocenters. The van der Waals surface area contributed by atoms with E-state index in [9.17, 15) is 14.0 Å². The fourth-order valence-corrected chi connectivity index (χ4v) is 1.11. The second kappa shape index (κ2) is 6.85. The number of hydrogen-bond donors (Lipinski definition) is 2. The minimum absolute atomic E-state index is 0.0985. The van der Waals surface area contributed by atoms with E-state index in [0.717, 1.165) is 12.1 Å². The number of carbonyl (C=O) groups is 2. The van der Waals surface area contributed by atoms with Crippen molar-refractivity contribution in [1.82, 2.24) is 4.98 Å². The number of pyridine rings is 1. The number of carboxylic acids is 1. The van der Waals surface area contributed by atoms with Gasteiger partial charge in [-0.05, 0) is 36.4 Å². The molecule has 0 spiro atoms. The fourth-order valence-electron chi connectivity index (χ4n) is 1.11. The Morgan fingerprint density at radius 3 is 1.89 bits per heavy atom. The van der Waals surface area contributed by atoms with Crippen LogP contribution in [0.3, 0.4) is 0 Å². The summed E-state index contributed by atoms with van der Waals surface area (Å²) >= 11 is 0. The molecule has 1 aromatic carbocycles. The van der Waals surface area contributed by atoms with Crippen molar-refractivity contribution in [1.29, 1.82) is 0 Å². The predicted molar refractivity (Wildman–Crippen MR) is 66.1 cm³/mol. The maximum Gasteiger partial charge on any atom is 0.335 e. The average molecular weight is 262 g/mol. The number of nitrogens with zero attached hydrogens (tertiary/aromatic N) is 1. The Kier molecular flexibility index (Phi) is 5.16. The zero-order valence-corrected chi connectivity index (χ0v) is 9.79. The summed E-state index contributed by atoms with van der Waals surface area (Å²) in [5.41, 5.74) is 5.54. The number of nitrogens with two attached hydrogens (primary N) is 1. The van der Waals surface area contributed by atoms with Gasteiger partial charge in [-0.1, -0.05) is 0 Å². The van der Waals surface area contributed by atoms with Crippen molar-refractivity contribution in [3.63, 3.8) is 0 Å². The molecule has 19 heavy (non-hydrogen) atoms. The summed E-state index contributed by atoms with van der Waals surface area (Å²) in [4.78, 5) is 24.3. The van der Waals surface area contributed by atoms with Crippen LogP contribution in [0.25, 0.3) is 0 Å². The molecule has 98 valence electrons. The maximum absolute atomic E-state index is 12.2. The highest BCUT2D eigenvalue weighted by atomic mass is 19.1. The summed E-state index contributed by atoms with van der Waals surface area (Å²) in [6.07, 6.45) is 3.06. The van der Waals surface area contributed by atoms with Gasteiger partial charge < -0.3 is 10.8 Å². The van der Waals surface area contributed by atoms with Crippen molar-refractivity contribution in [2.45, 2.75) is 0 Å². The number of hydrogen-bond acceptors (Lipinski definition) is 3. The van der Waals surface area contributed by atoms with E-state index >= 15 is 0 Å². The van der Waals surface area contributed by atoms with Crippen LogP contribution >= 0.6 is 0 Å². The highest BCUT2D eigenvalue weighted by Gasteiger charge is 1.99. The number of rotatable bonds is 2. The Morgan fingerprint density at radius 2 is 1.53 bits per heavy atom. The number of carboxylic acid groups (broad SMARTS) is 1. The number of aromatic carboxylic acids is 1. The third kappa shape index (κ3) is 4.95. The van der Waals surface area contributed by atoms with Crippen LogP contribution in [0.15, 0.2) is 48.8 Å². The number of halogens is 1. The molecule has 0 saturated carbocycles. The van der Waals surface area contributed by atoms with E-state index in [2.05, 4.69) is 4.98 Å². The second-order valence-corrected chi connectivity index (χ2v) is 3.41. The molecule has 3 N–H and O–H groups in total. The maximum atomic E-state index is 12.2. The first-order valence-corrected chi connectivity index (χ1v) is 5.19. The van der Waals surface area contributed by atoms with E-state index in [-0.39, 0.29) is 5.56 Å². The summed E-state index contributed by atoms with van der Waals surface area (Å²) in [7, 11) is 0. The Balaban J connectivity index is 0.000000191. The van der Waals surface area contributed by atoms with Crippen LogP contribution in [0.1, 0.15) is 20.7 Å². The fraction of sp³-hybridized carbons (Fsp3) is 0. The van der Waals surface area contributed by atoms with Crippen LogP contribution in [0.4, 0.5) is 4.39 Å². The van der Waals surface area contributed by atoms with Crippen LogP contribution in [0.5, 0.6) is 0 Å². The normalized spacial score (nSPS) is 9.11. The first-order chi connectivity index (χ1) is 9.00. The molecule has 0 unspecified atom stereocenters. The van der Waals surface area contributed by atoms with Gasteiger partial charge in [0, 0.05) is 18.0 Å². The number of aromatic nitrogens is 1. The van der Waals surface area contributed by atoms with Gasteiger partial charge in [-0.2, -0.15) is 0 Å². The second-order valence-electron chi connectivity index (χ2n) is 3.41. The zero-order valence-electron chi connectivity index (χ0n) is 9.79. The molecule has 0 aliphatic rings. The minimum atomic E-state index is -1.04. The van der Waals surface area contributed by atoms with E-state index in [4.69, 9.17) is 10.8 Å². The van der Waals surface area contributed by atoms with Crippen molar-refractivity contribution in [3.8, 4) is 0 Å². The third-order valence-electron chi connectivity index (χ3n) is 2.06. The lowest BCUT2D eigenvalue weighted by Gasteiger charge is -1.90. The van der Waals surface area contributed by atoms with Crippen LogP contribution < -0.4 is 5.73 Å². The van der Waals surface area contributed by atoms with Crippen molar-refractivity contribution >= 4 is 11.9 Å². The molecule has 2 aromatic rings. The number of primary amides is 1. The largest absolute Gasteiger partial charge is 0.478 e. The molecule has 1 amide bonds. The molecule has 0 bridgehead atoms. The Hall–Kier alpha value is -2.76. The van der Waals surface area contributed by atoms with Crippen molar-refractivity contribution in [3.05, 3.63) is 65.7 Å². The molecule has 2 rings (SSSR count). The minimum Gasteiger partial charge on any atom is -0.478 e. The van der Waals surface area contributed by atoms with E-state index in [1.807, 2.05) is 0 Å². The molecule has 6 heteroatoms. The molecule has 0 radical (unpaired) electrons. The van der Waals surface area contributed by atoms with Crippen molar-refractivity contribution in [2.24, 2.45) is 5.73 Å². The Labute approximate surface area is 108 Å². The van der Waals surface area contributed by atoms with Crippen molar-refractivity contribution in [2.75, 3.05) is 0 Å². The summed E-state index contributed by atoms with van der Waals surface area (Å²) in [6.45, 7) is 0. The van der Waals surface area contributed by atoms with Gasteiger partial charge in [0.05, 0.1) is 5.56 Å². The average Bonchev–Trinajstić information content (AvgIpc) is 2.41. The van der Waals surface area contributed by atoms with Crippen LogP contribution in [-0.4, -0.2) is 22.0 Å². The van der Waals surface area contributed by atoms with Gasteiger partial charge in [-0.3, -0.25) is 9.78 Å². The first-order valence-electron chi connectivity index (χ1n) is 5.19. The molecule has 1 heterocycles. The first kappa shape index (κ1) is 14.3. The Bertz CT molecular complexity index is 556.